The molecule has 1 amide bonds. The first-order chi connectivity index (χ1) is 9.97. The summed E-state index contributed by atoms with van der Waals surface area (Å²) in [6.07, 6.45) is 0. The van der Waals surface area contributed by atoms with Crippen LogP contribution in [0.4, 0.5) is 14.5 Å². The third kappa shape index (κ3) is 2.35. The fourth-order valence-corrected chi connectivity index (χ4v) is 2.59. The van der Waals surface area contributed by atoms with Crippen molar-refractivity contribution in [1.29, 1.82) is 0 Å². The zero-order chi connectivity index (χ0) is 15.1. The highest BCUT2D eigenvalue weighted by Crippen LogP contribution is 2.33. The molecule has 21 heavy (non-hydrogen) atoms. The molecule has 0 saturated carbocycles. The summed E-state index contributed by atoms with van der Waals surface area (Å²) in [5, 5.41) is 0. The Morgan fingerprint density at radius 1 is 1.05 bits per heavy atom. The number of carbonyl (C=O) groups excluding carboxylic acids is 2. The smallest absolute Gasteiger partial charge is 0.299 e. The number of ketones is 1. The van der Waals surface area contributed by atoms with Gasteiger partial charge in [0.1, 0.15) is 11.6 Å². The number of halogens is 3. The molecular formula is C15H8BrF2NO2. The van der Waals surface area contributed by atoms with Crippen molar-refractivity contribution < 1.29 is 18.4 Å². The number of nitrogens with zero attached hydrogens (tertiary/aromatic N) is 1. The number of carbonyl (C=O) groups is 2. The van der Waals surface area contributed by atoms with Gasteiger partial charge in [0.05, 0.1) is 17.8 Å². The molecule has 3 nitrogen and oxygen atoms in total. The van der Waals surface area contributed by atoms with Crippen molar-refractivity contribution in [1.82, 2.24) is 0 Å². The van der Waals surface area contributed by atoms with Gasteiger partial charge in [0, 0.05) is 16.1 Å². The number of benzene rings is 2. The molecular weight excluding hydrogens is 344 g/mol. The molecule has 0 aromatic heterocycles. The number of hydrogen-bond acceptors (Lipinski definition) is 2. The van der Waals surface area contributed by atoms with E-state index < -0.39 is 23.3 Å². The second-order valence-electron chi connectivity index (χ2n) is 4.62. The van der Waals surface area contributed by atoms with Crippen LogP contribution in [0, 0.1) is 11.6 Å². The molecule has 0 unspecified atom stereocenters. The van der Waals surface area contributed by atoms with Crippen LogP contribution in [0.3, 0.4) is 0 Å². The maximum absolute atomic E-state index is 13.7. The van der Waals surface area contributed by atoms with E-state index in [2.05, 4.69) is 15.9 Å². The summed E-state index contributed by atoms with van der Waals surface area (Å²) < 4.78 is 27.3. The summed E-state index contributed by atoms with van der Waals surface area (Å²) in [5.41, 5.74) is 0.846. The monoisotopic (exact) mass is 351 g/mol. The summed E-state index contributed by atoms with van der Waals surface area (Å²) in [6.45, 7) is -0.125. The van der Waals surface area contributed by atoms with Crippen molar-refractivity contribution in [3.05, 3.63) is 63.6 Å². The quantitative estimate of drug-likeness (QED) is 0.777. The van der Waals surface area contributed by atoms with Gasteiger partial charge in [-0.15, -0.1) is 0 Å². The molecule has 0 fully saturated rings. The lowest BCUT2D eigenvalue weighted by molar-refractivity contribution is -0.114. The lowest BCUT2D eigenvalue weighted by Gasteiger charge is -2.17. The second-order valence-corrected chi connectivity index (χ2v) is 5.53. The van der Waals surface area contributed by atoms with Crippen LogP contribution in [0.1, 0.15) is 15.9 Å². The van der Waals surface area contributed by atoms with E-state index in [1.165, 1.54) is 11.0 Å². The molecule has 1 aliphatic heterocycles. The van der Waals surface area contributed by atoms with Gasteiger partial charge in [-0.05, 0) is 24.3 Å². The van der Waals surface area contributed by atoms with Gasteiger partial charge in [0.2, 0.25) is 0 Å². The van der Waals surface area contributed by atoms with Gasteiger partial charge in [0.25, 0.3) is 11.7 Å². The summed E-state index contributed by atoms with van der Waals surface area (Å²) in [5.74, 6) is -2.78. The minimum absolute atomic E-state index is 0.125. The molecule has 2 aromatic rings. The maximum atomic E-state index is 13.7. The molecule has 0 bridgehead atoms. The van der Waals surface area contributed by atoms with Gasteiger partial charge < -0.3 is 4.90 Å². The average Bonchev–Trinajstić information content (AvgIpc) is 2.66. The zero-order valence-corrected chi connectivity index (χ0v) is 12.2. The van der Waals surface area contributed by atoms with Gasteiger partial charge >= 0.3 is 0 Å². The van der Waals surface area contributed by atoms with Crippen LogP contribution in [0.2, 0.25) is 0 Å². The van der Waals surface area contributed by atoms with Crippen molar-refractivity contribution in [3.8, 4) is 0 Å². The van der Waals surface area contributed by atoms with E-state index in [1.807, 2.05) is 0 Å². The highest BCUT2D eigenvalue weighted by Gasteiger charge is 2.36. The van der Waals surface area contributed by atoms with Gasteiger partial charge in [-0.3, -0.25) is 9.59 Å². The van der Waals surface area contributed by atoms with Crippen LogP contribution < -0.4 is 4.90 Å². The third-order valence-corrected chi connectivity index (χ3v) is 3.77. The molecule has 3 rings (SSSR count). The van der Waals surface area contributed by atoms with E-state index in [4.69, 9.17) is 0 Å². The number of Topliss-reactive ketones (excluding diaryl/α,β-unsaturated/α-hetero) is 1. The lowest BCUT2D eigenvalue weighted by atomic mass is 10.1. The van der Waals surface area contributed by atoms with Gasteiger partial charge in [-0.25, -0.2) is 8.78 Å². The third-order valence-electron chi connectivity index (χ3n) is 3.28. The molecule has 0 saturated heterocycles. The van der Waals surface area contributed by atoms with E-state index in [0.717, 1.165) is 12.1 Å². The number of hydrogen-bond donors (Lipinski definition) is 0. The van der Waals surface area contributed by atoms with E-state index >= 15 is 0 Å². The van der Waals surface area contributed by atoms with Gasteiger partial charge in [0.15, 0.2) is 0 Å². The van der Waals surface area contributed by atoms with Crippen LogP contribution in [0.25, 0.3) is 0 Å². The highest BCUT2D eigenvalue weighted by atomic mass is 79.9. The Morgan fingerprint density at radius 3 is 2.52 bits per heavy atom. The van der Waals surface area contributed by atoms with Crippen LogP contribution in [0.5, 0.6) is 0 Å². The Morgan fingerprint density at radius 2 is 1.81 bits per heavy atom. The average molecular weight is 352 g/mol. The van der Waals surface area contributed by atoms with Crippen molar-refractivity contribution in [2.45, 2.75) is 6.54 Å². The SMILES string of the molecule is O=C1C(=O)N(Cc2ccc(F)cc2F)c2cc(Br)ccc21. The van der Waals surface area contributed by atoms with E-state index in [1.54, 1.807) is 18.2 Å². The van der Waals surface area contributed by atoms with Crippen molar-refractivity contribution in [2.75, 3.05) is 4.90 Å². The predicted molar refractivity (Wildman–Crippen MR) is 76.0 cm³/mol. The molecule has 1 heterocycles. The second kappa shape index (κ2) is 5.04. The van der Waals surface area contributed by atoms with Gasteiger partial charge in [-0.1, -0.05) is 22.0 Å². The molecule has 0 aliphatic carbocycles. The van der Waals surface area contributed by atoms with Crippen LogP contribution in [-0.4, -0.2) is 11.7 Å². The Labute approximate surface area is 127 Å². The highest BCUT2D eigenvalue weighted by molar-refractivity contribution is 9.10. The minimum Gasteiger partial charge on any atom is -0.300 e. The molecule has 0 radical (unpaired) electrons. The Balaban J connectivity index is 2.02. The molecule has 0 N–H and O–H groups in total. The summed E-state index contributed by atoms with van der Waals surface area (Å²) in [7, 11) is 0. The molecule has 106 valence electrons. The first-order valence-corrected chi connectivity index (χ1v) is 6.86. The summed E-state index contributed by atoms with van der Waals surface area (Å²) in [4.78, 5) is 25.1. The molecule has 0 spiro atoms. The van der Waals surface area contributed by atoms with Crippen molar-refractivity contribution >= 4 is 33.3 Å². The van der Waals surface area contributed by atoms with Crippen LogP contribution >= 0.6 is 15.9 Å². The largest absolute Gasteiger partial charge is 0.300 e. The number of rotatable bonds is 2. The van der Waals surface area contributed by atoms with Crippen molar-refractivity contribution in [3.63, 3.8) is 0 Å². The predicted octanol–water partition coefficient (Wildman–Crippen LogP) is 3.46. The molecule has 0 atom stereocenters. The number of fused-ring (bicyclic) bond motifs is 1. The van der Waals surface area contributed by atoms with Crippen molar-refractivity contribution in [2.24, 2.45) is 0 Å². The standard InChI is InChI=1S/C15H8BrF2NO2/c16-9-2-4-11-13(5-9)19(15(21)14(11)20)7-8-1-3-10(17)6-12(8)18/h1-6H,7H2. The summed E-state index contributed by atoms with van der Waals surface area (Å²) >= 11 is 3.27. The molecule has 2 aromatic carbocycles. The maximum Gasteiger partial charge on any atom is 0.299 e. The summed E-state index contributed by atoms with van der Waals surface area (Å²) in [6, 6.07) is 7.95. The van der Waals surface area contributed by atoms with E-state index in [-0.39, 0.29) is 17.7 Å². The fraction of sp³-hybridized carbons (Fsp3) is 0.0667. The van der Waals surface area contributed by atoms with E-state index in [9.17, 15) is 18.4 Å². The van der Waals surface area contributed by atoms with Gasteiger partial charge in [-0.2, -0.15) is 0 Å². The number of anilines is 1. The molecule has 6 heteroatoms. The Bertz CT molecular complexity index is 776. The molecule has 1 aliphatic rings. The topological polar surface area (TPSA) is 37.4 Å². The van der Waals surface area contributed by atoms with Crippen LogP contribution in [-0.2, 0) is 11.3 Å². The lowest BCUT2D eigenvalue weighted by Crippen LogP contribution is -2.29. The fourth-order valence-electron chi connectivity index (χ4n) is 2.24. The Hall–Kier alpha value is -2.08. The normalized spacial score (nSPS) is 13.8. The zero-order valence-electron chi connectivity index (χ0n) is 10.6. The minimum atomic E-state index is -0.751. The first-order valence-electron chi connectivity index (χ1n) is 6.07. The van der Waals surface area contributed by atoms with E-state index in [0.29, 0.717) is 10.2 Å². The number of amides is 1. The Kier molecular flexibility index (Phi) is 3.33. The van der Waals surface area contributed by atoms with Crippen LogP contribution in [0.15, 0.2) is 40.9 Å². The first kappa shape index (κ1) is 13.9.